The molecule has 0 aromatic heterocycles. The number of hydrogen-bond acceptors (Lipinski definition) is 4. The van der Waals surface area contributed by atoms with E-state index < -0.39 is 28.5 Å². The van der Waals surface area contributed by atoms with Crippen LogP contribution in [0.2, 0.25) is 10.0 Å². The van der Waals surface area contributed by atoms with Gasteiger partial charge >= 0.3 is 0 Å². The van der Waals surface area contributed by atoms with Crippen molar-refractivity contribution in [1.82, 2.24) is 10.2 Å². The summed E-state index contributed by atoms with van der Waals surface area (Å²) in [5.41, 5.74) is 0.948. The second kappa shape index (κ2) is 12.8. The standard InChI is InChI=1S/C23H28BrCl2N3O4S/c1-4-5-9-27-23(31)16(2)28(14-17-7-6-8-18(24)10-17)22(30)15-29(34(3,32)33)21-12-19(25)11-20(26)13-21/h6-8,10-13,16H,4-5,9,14-15H2,1-3H3,(H,27,31). The fraction of sp³-hybridized carbons (Fsp3) is 0.391. The number of unbranched alkanes of at least 4 members (excludes halogenated alkanes) is 1. The van der Waals surface area contributed by atoms with Crippen LogP contribution in [0.4, 0.5) is 5.69 Å². The molecule has 0 spiro atoms. The average molecular weight is 593 g/mol. The summed E-state index contributed by atoms with van der Waals surface area (Å²) in [5, 5.41) is 3.31. The second-order valence-electron chi connectivity index (χ2n) is 7.87. The molecule has 0 fully saturated rings. The molecule has 1 unspecified atom stereocenters. The number of rotatable bonds is 11. The molecule has 2 rings (SSSR count). The van der Waals surface area contributed by atoms with E-state index in [9.17, 15) is 18.0 Å². The molecule has 2 aromatic carbocycles. The lowest BCUT2D eigenvalue weighted by molar-refractivity contribution is -0.139. The van der Waals surface area contributed by atoms with Gasteiger partial charge in [0.15, 0.2) is 0 Å². The van der Waals surface area contributed by atoms with E-state index in [4.69, 9.17) is 23.2 Å². The third-order valence-electron chi connectivity index (χ3n) is 5.05. The van der Waals surface area contributed by atoms with Gasteiger partial charge in [-0.25, -0.2) is 8.42 Å². The van der Waals surface area contributed by atoms with Crippen LogP contribution in [0, 0.1) is 0 Å². The van der Waals surface area contributed by atoms with Crippen molar-refractivity contribution < 1.29 is 18.0 Å². The van der Waals surface area contributed by atoms with Gasteiger partial charge in [0, 0.05) is 27.6 Å². The van der Waals surface area contributed by atoms with Crippen molar-refractivity contribution >= 4 is 66.7 Å². The molecule has 2 aromatic rings. The van der Waals surface area contributed by atoms with Gasteiger partial charge in [0.2, 0.25) is 21.8 Å². The first-order chi connectivity index (χ1) is 15.9. The van der Waals surface area contributed by atoms with E-state index in [1.165, 1.54) is 23.1 Å². The Morgan fingerprint density at radius 3 is 2.32 bits per heavy atom. The summed E-state index contributed by atoms with van der Waals surface area (Å²) >= 11 is 15.5. The summed E-state index contributed by atoms with van der Waals surface area (Å²) < 4.78 is 26.9. The first-order valence-corrected chi connectivity index (χ1v) is 14.1. The molecule has 0 aliphatic rings. The molecule has 34 heavy (non-hydrogen) atoms. The average Bonchev–Trinajstić information content (AvgIpc) is 2.73. The van der Waals surface area contributed by atoms with E-state index in [1.807, 2.05) is 31.2 Å². The second-order valence-corrected chi connectivity index (χ2v) is 11.6. The molecular weight excluding hydrogens is 565 g/mol. The van der Waals surface area contributed by atoms with E-state index >= 15 is 0 Å². The van der Waals surface area contributed by atoms with Gasteiger partial charge in [-0.3, -0.25) is 13.9 Å². The predicted molar refractivity (Wildman–Crippen MR) is 141 cm³/mol. The number of hydrogen-bond donors (Lipinski definition) is 1. The molecule has 1 N–H and O–H groups in total. The van der Waals surface area contributed by atoms with Crippen molar-refractivity contribution in [3.8, 4) is 0 Å². The Morgan fingerprint density at radius 2 is 1.76 bits per heavy atom. The fourth-order valence-corrected chi connectivity index (χ4v) is 5.04. The van der Waals surface area contributed by atoms with Crippen LogP contribution in [0.25, 0.3) is 0 Å². The first kappa shape index (κ1) is 28.4. The lowest BCUT2D eigenvalue weighted by atomic mass is 10.1. The monoisotopic (exact) mass is 591 g/mol. The topological polar surface area (TPSA) is 86.8 Å². The van der Waals surface area contributed by atoms with Gasteiger partial charge in [-0.05, 0) is 49.2 Å². The smallest absolute Gasteiger partial charge is 0.244 e. The van der Waals surface area contributed by atoms with E-state index in [-0.39, 0.29) is 28.2 Å². The minimum Gasteiger partial charge on any atom is -0.354 e. The van der Waals surface area contributed by atoms with Crippen LogP contribution in [-0.4, -0.2) is 50.5 Å². The Morgan fingerprint density at radius 1 is 1.12 bits per heavy atom. The number of sulfonamides is 1. The van der Waals surface area contributed by atoms with E-state index in [1.54, 1.807) is 6.92 Å². The number of benzene rings is 2. The molecule has 0 bridgehead atoms. The highest BCUT2D eigenvalue weighted by Crippen LogP contribution is 2.27. The quantitative estimate of drug-likeness (QED) is 0.378. The van der Waals surface area contributed by atoms with Gasteiger partial charge in [0.25, 0.3) is 0 Å². The van der Waals surface area contributed by atoms with Gasteiger partial charge < -0.3 is 10.2 Å². The van der Waals surface area contributed by atoms with Crippen LogP contribution in [0.15, 0.2) is 46.9 Å². The van der Waals surface area contributed by atoms with Crippen molar-refractivity contribution in [3.05, 3.63) is 62.5 Å². The Bertz CT molecular complexity index is 1110. The largest absolute Gasteiger partial charge is 0.354 e. The minimum atomic E-state index is -3.86. The number of carbonyl (C=O) groups excluding carboxylic acids is 2. The number of amides is 2. The van der Waals surface area contributed by atoms with Crippen molar-refractivity contribution in [2.24, 2.45) is 0 Å². The summed E-state index contributed by atoms with van der Waals surface area (Å²) in [6.45, 7) is 3.73. The van der Waals surface area contributed by atoms with Gasteiger partial charge in [-0.2, -0.15) is 0 Å². The number of nitrogens with zero attached hydrogens (tertiary/aromatic N) is 2. The van der Waals surface area contributed by atoms with Gasteiger partial charge in [-0.15, -0.1) is 0 Å². The Kier molecular flexibility index (Phi) is 10.7. The van der Waals surface area contributed by atoms with Gasteiger partial charge in [0.1, 0.15) is 12.6 Å². The maximum absolute atomic E-state index is 13.5. The molecule has 0 saturated heterocycles. The predicted octanol–water partition coefficient (Wildman–Crippen LogP) is 4.86. The number of halogens is 3. The maximum Gasteiger partial charge on any atom is 0.244 e. The van der Waals surface area contributed by atoms with E-state index in [0.29, 0.717) is 6.54 Å². The molecule has 0 aliphatic carbocycles. The van der Waals surface area contributed by atoms with Crippen LogP contribution in [-0.2, 0) is 26.2 Å². The molecule has 0 saturated carbocycles. The summed E-state index contributed by atoms with van der Waals surface area (Å²) in [6, 6.07) is 10.8. The number of anilines is 1. The minimum absolute atomic E-state index is 0.120. The molecular formula is C23H28BrCl2N3O4S. The van der Waals surface area contributed by atoms with Crippen LogP contribution >= 0.6 is 39.1 Å². The summed E-state index contributed by atoms with van der Waals surface area (Å²) in [4.78, 5) is 27.6. The first-order valence-electron chi connectivity index (χ1n) is 10.7. The van der Waals surface area contributed by atoms with Gasteiger partial charge in [0.05, 0.1) is 11.9 Å². The zero-order valence-corrected chi connectivity index (χ0v) is 23.1. The van der Waals surface area contributed by atoms with Crippen LogP contribution in [0.1, 0.15) is 32.3 Å². The van der Waals surface area contributed by atoms with E-state index in [0.717, 1.165) is 33.4 Å². The lowest BCUT2D eigenvalue weighted by Gasteiger charge is -2.31. The summed E-state index contributed by atoms with van der Waals surface area (Å²) in [6.07, 6.45) is 2.73. The zero-order chi connectivity index (χ0) is 25.5. The summed E-state index contributed by atoms with van der Waals surface area (Å²) in [5.74, 6) is -0.854. The highest BCUT2D eigenvalue weighted by Gasteiger charge is 2.30. The molecule has 0 heterocycles. The zero-order valence-electron chi connectivity index (χ0n) is 19.2. The lowest BCUT2D eigenvalue weighted by Crippen LogP contribution is -2.51. The molecule has 186 valence electrons. The molecule has 1 atom stereocenters. The Labute approximate surface area is 219 Å². The van der Waals surface area contributed by atoms with Crippen LogP contribution in [0.5, 0.6) is 0 Å². The highest BCUT2D eigenvalue weighted by molar-refractivity contribution is 9.10. The third kappa shape index (κ3) is 8.45. The van der Waals surface area contributed by atoms with Crippen LogP contribution in [0.3, 0.4) is 0 Å². The molecule has 2 amide bonds. The fourth-order valence-electron chi connectivity index (χ4n) is 3.25. The molecule has 0 radical (unpaired) electrons. The normalized spacial score (nSPS) is 12.2. The Hall–Kier alpha value is -1.81. The van der Waals surface area contributed by atoms with Crippen molar-refractivity contribution in [3.63, 3.8) is 0 Å². The molecule has 11 heteroatoms. The van der Waals surface area contributed by atoms with Crippen molar-refractivity contribution in [2.45, 2.75) is 39.3 Å². The third-order valence-corrected chi connectivity index (χ3v) is 7.12. The highest BCUT2D eigenvalue weighted by atomic mass is 79.9. The van der Waals surface area contributed by atoms with Crippen molar-refractivity contribution in [2.75, 3.05) is 23.7 Å². The molecule has 0 aliphatic heterocycles. The van der Waals surface area contributed by atoms with E-state index in [2.05, 4.69) is 21.2 Å². The van der Waals surface area contributed by atoms with Crippen LogP contribution < -0.4 is 9.62 Å². The number of carbonyl (C=O) groups is 2. The SMILES string of the molecule is CCCCNC(=O)C(C)N(Cc1cccc(Br)c1)C(=O)CN(c1cc(Cl)cc(Cl)c1)S(C)(=O)=O. The van der Waals surface area contributed by atoms with Crippen molar-refractivity contribution in [1.29, 1.82) is 0 Å². The molecule has 7 nitrogen and oxygen atoms in total. The summed E-state index contributed by atoms with van der Waals surface area (Å²) in [7, 11) is -3.86. The maximum atomic E-state index is 13.5. The number of nitrogens with one attached hydrogen (secondary N) is 1. The Balaban J connectivity index is 2.38. The van der Waals surface area contributed by atoms with Gasteiger partial charge in [-0.1, -0.05) is 64.6 Å².